The first-order valence-electron chi connectivity index (χ1n) is 8.51. The van der Waals surface area contributed by atoms with Crippen LogP contribution >= 0.6 is 0 Å². The summed E-state index contributed by atoms with van der Waals surface area (Å²) in [6.45, 7) is 4.85. The molecule has 0 spiro atoms. The number of nitrogens with zero attached hydrogens (tertiary/aromatic N) is 4. The second kappa shape index (κ2) is 7.43. The van der Waals surface area contributed by atoms with Gasteiger partial charge in [0.25, 0.3) is 5.91 Å². The third-order valence-electron chi connectivity index (χ3n) is 4.46. The molecular formula is C19H24N4O. The van der Waals surface area contributed by atoms with E-state index in [1.165, 1.54) is 12.8 Å². The van der Waals surface area contributed by atoms with Crippen molar-refractivity contribution in [3.8, 4) is 0 Å². The summed E-state index contributed by atoms with van der Waals surface area (Å²) in [7, 11) is 1.79. The summed E-state index contributed by atoms with van der Waals surface area (Å²) in [5, 5.41) is 8.43. The predicted octanol–water partition coefficient (Wildman–Crippen LogP) is 2.99. The van der Waals surface area contributed by atoms with E-state index in [2.05, 4.69) is 22.0 Å². The van der Waals surface area contributed by atoms with Crippen molar-refractivity contribution < 1.29 is 4.79 Å². The lowest BCUT2D eigenvalue weighted by Crippen LogP contribution is -2.35. The minimum absolute atomic E-state index is 0.107. The summed E-state index contributed by atoms with van der Waals surface area (Å²) >= 11 is 0. The zero-order valence-electron chi connectivity index (χ0n) is 14.4. The minimum atomic E-state index is -0.107. The van der Waals surface area contributed by atoms with E-state index in [1.54, 1.807) is 18.0 Å². The SMILES string of the molecule is CC1CCCN(c2ccc(C(=O)N(C)Cc3ccccc3)nn2)C1. The number of benzene rings is 1. The van der Waals surface area contributed by atoms with Crippen molar-refractivity contribution >= 4 is 11.7 Å². The number of anilines is 1. The number of carbonyl (C=O) groups is 1. The summed E-state index contributed by atoms with van der Waals surface area (Å²) in [5.74, 6) is 1.44. The smallest absolute Gasteiger partial charge is 0.274 e. The second-order valence-electron chi connectivity index (χ2n) is 6.62. The third kappa shape index (κ3) is 3.91. The maximum absolute atomic E-state index is 12.5. The molecule has 2 aromatic rings. The van der Waals surface area contributed by atoms with E-state index < -0.39 is 0 Å². The second-order valence-corrected chi connectivity index (χ2v) is 6.62. The Morgan fingerprint density at radius 1 is 1.21 bits per heavy atom. The molecule has 5 heteroatoms. The fraction of sp³-hybridized carbons (Fsp3) is 0.421. The quantitative estimate of drug-likeness (QED) is 0.867. The van der Waals surface area contributed by atoms with Crippen molar-refractivity contribution in [2.75, 3.05) is 25.0 Å². The highest BCUT2D eigenvalue weighted by atomic mass is 16.2. The molecule has 1 saturated heterocycles. The van der Waals surface area contributed by atoms with Crippen molar-refractivity contribution in [1.29, 1.82) is 0 Å². The Morgan fingerprint density at radius 2 is 2.00 bits per heavy atom. The highest BCUT2D eigenvalue weighted by Gasteiger charge is 2.19. The molecule has 0 bridgehead atoms. The van der Waals surface area contributed by atoms with Gasteiger partial charge in [0.05, 0.1) is 0 Å². The first-order chi connectivity index (χ1) is 11.6. The van der Waals surface area contributed by atoms with E-state index in [9.17, 15) is 4.79 Å². The van der Waals surface area contributed by atoms with Crippen molar-refractivity contribution in [3.05, 3.63) is 53.7 Å². The Morgan fingerprint density at radius 3 is 2.67 bits per heavy atom. The molecule has 1 aromatic carbocycles. The molecule has 0 N–H and O–H groups in total. The van der Waals surface area contributed by atoms with Gasteiger partial charge in [-0.05, 0) is 36.5 Å². The third-order valence-corrected chi connectivity index (χ3v) is 4.46. The number of carbonyl (C=O) groups excluding carboxylic acids is 1. The molecule has 1 amide bonds. The molecule has 1 aliphatic heterocycles. The molecular weight excluding hydrogens is 300 g/mol. The van der Waals surface area contributed by atoms with Gasteiger partial charge >= 0.3 is 0 Å². The van der Waals surface area contributed by atoms with E-state index in [0.29, 0.717) is 18.2 Å². The van der Waals surface area contributed by atoms with E-state index in [0.717, 1.165) is 24.5 Å². The molecule has 1 aromatic heterocycles. The Labute approximate surface area is 143 Å². The molecule has 5 nitrogen and oxygen atoms in total. The Hall–Kier alpha value is -2.43. The van der Waals surface area contributed by atoms with E-state index in [-0.39, 0.29) is 5.91 Å². The van der Waals surface area contributed by atoms with Crippen LogP contribution in [0.5, 0.6) is 0 Å². The maximum atomic E-state index is 12.5. The lowest BCUT2D eigenvalue weighted by Gasteiger charge is -2.31. The van der Waals surface area contributed by atoms with Crippen LogP contribution in [-0.2, 0) is 6.54 Å². The standard InChI is InChI=1S/C19H24N4O/c1-15-7-6-12-23(13-15)18-11-10-17(20-21-18)19(24)22(2)14-16-8-4-3-5-9-16/h3-5,8-11,15H,6-7,12-14H2,1-2H3. The lowest BCUT2D eigenvalue weighted by molar-refractivity contribution is 0.0778. The molecule has 1 fully saturated rings. The van der Waals surface area contributed by atoms with Crippen LogP contribution in [0, 0.1) is 5.92 Å². The molecule has 0 saturated carbocycles. The summed E-state index contributed by atoms with van der Waals surface area (Å²) in [5.41, 5.74) is 1.49. The molecule has 126 valence electrons. The number of amides is 1. The first-order valence-corrected chi connectivity index (χ1v) is 8.51. The number of hydrogen-bond donors (Lipinski definition) is 0. The summed E-state index contributed by atoms with van der Waals surface area (Å²) in [6.07, 6.45) is 2.45. The van der Waals surface area contributed by atoms with Crippen LogP contribution in [0.1, 0.15) is 35.8 Å². The zero-order chi connectivity index (χ0) is 16.9. The van der Waals surface area contributed by atoms with Gasteiger partial charge in [-0.15, -0.1) is 10.2 Å². The van der Waals surface area contributed by atoms with Crippen LogP contribution in [-0.4, -0.2) is 41.1 Å². The fourth-order valence-electron chi connectivity index (χ4n) is 3.13. The van der Waals surface area contributed by atoms with Crippen molar-refractivity contribution in [2.24, 2.45) is 5.92 Å². The number of aromatic nitrogens is 2. The molecule has 24 heavy (non-hydrogen) atoms. The number of hydrogen-bond acceptors (Lipinski definition) is 4. The molecule has 1 unspecified atom stereocenters. The number of piperidine rings is 1. The van der Waals surface area contributed by atoms with Crippen LogP contribution in [0.15, 0.2) is 42.5 Å². The molecule has 3 rings (SSSR count). The Bertz CT molecular complexity index is 672. The van der Waals surface area contributed by atoms with Gasteiger partial charge in [-0.25, -0.2) is 0 Å². The van der Waals surface area contributed by atoms with Gasteiger partial charge in [0.15, 0.2) is 11.5 Å². The topological polar surface area (TPSA) is 49.3 Å². The van der Waals surface area contributed by atoms with E-state index in [4.69, 9.17) is 0 Å². The highest BCUT2D eigenvalue weighted by molar-refractivity contribution is 5.92. The monoisotopic (exact) mass is 324 g/mol. The zero-order valence-corrected chi connectivity index (χ0v) is 14.4. The van der Waals surface area contributed by atoms with Crippen LogP contribution < -0.4 is 4.90 Å². The predicted molar refractivity (Wildman–Crippen MR) is 94.9 cm³/mol. The van der Waals surface area contributed by atoms with Crippen LogP contribution in [0.3, 0.4) is 0 Å². The van der Waals surface area contributed by atoms with Crippen LogP contribution in [0.2, 0.25) is 0 Å². The molecule has 2 heterocycles. The van der Waals surface area contributed by atoms with Gasteiger partial charge < -0.3 is 9.80 Å². The van der Waals surface area contributed by atoms with Gasteiger partial charge in [0, 0.05) is 26.7 Å². The molecule has 0 radical (unpaired) electrons. The minimum Gasteiger partial charge on any atom is -0.355 e. The van der Waals surface area contributed by atoms with E-state index in [1.807, 2.05) is 36.4 Å². The van der Waals surface area contributed by atoms with Gasteiger partial charge in [0.1, 0.15) is 0 Å². The normalized spacial score (nSPS) is 17.6. The van der Waals surface area contributed by atoms with Crippen molar-refractivity contribution in [3.63, 3.8) is 0 Å². The maximum Gasteiger partial charge on any atom is 0.274 e. The number of rotatable bonds is 4. The summed E-state index contributed by atoms with van der Waals surface area (Å²) < 4.78 is 0. The Balaban J connectivity index is 1.65. The van der Waals surface area contributed by atoms with Gasteiger partial charge in [-0.2, -0.15) is 0 Å². The Kier molecular flexibility index (Phi) is 5.08. The largest absolute Gasteiger partial charge is 0.355 e. The highest BCUT2D eigenvalue weighted by Crippen LogP contribution is 2.20. The molecule has 1 atom stereocenters. The summed E-state index contributed by atoms with van der Waals surface area (Å²) in [6, 6.07) is 13.6. The summed E-state index contributed by atoms with van der Waals surface area (Å²) in [4.78, 5) is 16.4. The molecule has 1 aliphatic rings. The van der Waals surface area contributed by atoms with Crippen LogP contribution in [0.4, 0.5) is 5.82 Å². The van der Waals surface area contributed by atoms with E-state index >= 15 is 0 Å². The fourth-order valence-corrected chi connectivity index (χ4v) is 3.13. The van der Waals surface area contributed by atoms with Gasteiger partial charge in [0.2, 0.25) is 0 Å². The van der Waals surface area contributed by atoms with Crippen molar-refractivity contribution in [2.45, 2.75) is 26.3 Å². The average Bonchev–Trinajstić information content (AvgIpc) is 2.62. The molecule has 0 aliphatic carbocycles. The average molecular weight is 324 g/mol. The first kappa shape index (κ1) is 16.4. The van der Waals surface area contributed by atoms with Gasteiger partial charge in [-0.3, -0.25) is 4.79 Å². The van der Waals surface area contributed by atoms with Crippen LogP contribution in [0.25, 0.3) is 0 Å². The van der Waals surface area contributed by atoms with Crippen molar-refractivity contribution in [1.82, 2.24) is 15.1 Å². The van der Waals surface area contributed by atoms with Gasteiger partial charge in [-0.1, -0.05) is 37.3 Å². The lowest BCUT2D eigenvalue weighted by atomic mass is 10.0.